The zero-order valence-corrected chi connectivity index (χ0v) is 19.8. The quantitative estimate of drug-likeness (QED) is 0.239. The molecule has 0 unspecified atom stereocenters. The van der Waals surface area contributed by atoms with Crippen LogP contribution >= 0.6 is 24.0 Å². The molecule has 0 radical (unpaired) electrons. The molecule has 0 aromatic heterocycles. The number of ether oxygens (including phenoxy) is 2. The second-order valence-corrected chi connectivity index (χ2v) is 6.21. The molecule has 0 atom stereocenters. The van der Waals surface area contributed by atoms with Gasteiger partial charge in [-0.15, -0.1) is 24.0 Å². The highest BCUT2D eigenvalue weighted by molar-refractivity contribution is 14.0. The zero-order valence-electron chi connectivity index (χ0n) is 17.5. The summed E-state index contributed by atoms with van der Waals surface area (Å²) >= 11 is 0. The number of methoxy groups -OCH3 is 2. The van der Waals surface area contributed by atoms with Crippen LogP contribution in [0.3, 0.4) is 0 Å². The van der Waals surface area contributed by atoms with Crippen molar-refractivity contribution in [2.75, 3.05) is 40.2 Å². The van der Waals surface area contributed by atoms with Gasteiger partial charge in [0.05, 0.1) is 26.5 Å². The molecule has 0 heterocycles. The molecule has 0 aliphatic rings. The topological polar surface area (TPSA) is 75.2 Å². The standard InChI is InChI=1S/C20H23F3N4O3.HI/c1-24-20(27(2)11-12-5-6-13(29-3)9-16(12)30-4)25-10-17(28)26-15-8-7-14(21)18(22)19(15)23;/h5-9H,10-11H2,1-4H3,(H,24,25)(H,26,28);1H. The maximum atomic E-state index is 13.7. The van der Waals surface area contributed by atoms with Crippen molar-refractivity contribution in [3.8, 4) is 11.5 Å². The van der Waals surface area contributed by atoms with Crippen LogP contribution in [0.1, 0.15) is 5.56 Å². The number of amides is 1. The van der Waals surface area contributed by atoms with Crippen LogP contribution in [-0.4, -0.2) is 51.6 Å². The lowest BCUT2D eigenvalue weighted by Crippen LogP contribution is -2.42. The van der Waals surface area contributed by atoms with Crippen molar-refractivity contribution < 1.29 is 27.4 Å². The number of hydrogen-bond donors (Lipinski definition) is 2. The Morgan fingerprint density at radius 2 is 1.81 bits per heavy atom. The van der Waals surface area contributed by atoms with E-state index in [1.54, 1.807) is 38.3 Å². The summed E-state index contributed by atoms with van der Waals surface area (Å²) in [7, 11) is 6.40. The molecule has 2 aromatic carbocycles. The Bertz CT molecular complexity index is 944. The van der Waals surface area contributed by atoms with Gasteiger partial charge in [-0.3, -0.25) is 9.79 Å². The highest BCUT2D eigenvalue weighted by Gasteiger charge is 2.16. The summed E-state index contributed by atoms with van der Waals surface area (Å²) in [6, 6.07) is 7.08. The Morgan fingerprint density at radius 1 is 1.10 bits per heavy atom. The largest absolute Gasteiger partial charge is 0.497 e. The first-order valence-electron chi connectivity index (χ1n) is 8.86. The summed E-state index contributed by atoms with van der Waals surface area (Å²) in [5.41, 5.74) is 0.407. The van der Waals surface area contributed by atoms with Crippen molar-refractivity contribution in [2.45, 2.75) is 6.54 Å². The molecule has 31 heavy (non-hydrogen) atoms. The molecule has 2 rings (SSSR count). The molecule has 0 saturated carbocycles. The highest BCUT2D eigenvalue weighted by Crippen LogP contribution is 2.25. The molecule has 0 saturated heterocycles. The third-order valence-corrected chi connectivity index (χ3v) is 4.19. The van der Waals surface area contributed by atoms with Gasteiger partial charge in [0, 0.05) is 32.3 Å². The van der Waals surface area contributed by atoms with Crippen LogP contribution in [0.4, 0.5) is 18.9 Å². The third-order valence-electron chi connectivity index (χ3n) is 4.19. The minimum Gasteiger partial charge on any atom is -0.497 e. The summed E-state index contributed by atoms with van der Waals surface area (Å²) in [5.74, 6) is -3.43. The van der Waals surface area contributed by atoms with Gasteiger partial charge in [-0.2, -0.15) is 0 Å². The van der Waals surface area contributed by atoms with Gasteiger partial charge in [0.25, 0.3) is 0 Å². The van der Waals surface area contributed by atoms with E-state index in [2.05, 4.69) is 15.6 Å². The molecule has 2 aromatic rings. The van der Waals surface area contributed by atoms with E-state index >= 15 is 0 Å². The summed E-state index contributed by atoms with van der Waals surface area (Å²) in [4.78, 5) is 17.9. The van der Waals surface area contributed by atoms with Crippen LogP contribution in [0.15, 0.2) is 35.3 Å². The van der Waals surface area contributed by atoms with Crippen LogP contribution in [0.2, 0.25) is 0 Å². The predicted molar refractivity (Wildman–Crippen MR) is 123 cm³/mol. The van der Waals surface area contributed by atoms with Gasteiger partial charge in [-0.1, -0.05) is 0 Å². The SMILES string of the molecule is CN=C(NCC(=O)Nc1ccc(F)c(F)c1F)N(C)Cc1ccc(OC)cc1OC.I. The third kappa shape index (κ3) is 6.91. The summed E-state index contributed by atoms with van der Waals surface area (Å²) in [5, 5.41) is 5.01. The predicted octanol–water partition coefficient (Wildman–Crippen LogP) is 3.39. The van der Waals surface area contributed by atoms with Gasteiger partial charge in [-0.05, 0) is 24.3 Å². The van der Waals surface area contributed by atoms with E-state index in [0.717, 1.165) is 17.7 Å². The number of hydrogen-bond acceptors (Lipinski definition) is 4. The highest BCUT2D eigenvalue weighted by atomic mass is 127. The van der Waals surface area contributed by atoms with Crippen molar-refractivity contribution in [3.05, 3.63) is 53.3 Å². The van der Waals surface area contributed by atoms with E-state index in [0.29, 0.717) is 24.0 Å². The number of guanidine groups is 1. The lowest BCUT2D eigenvalue weighted by atomic mass is 10.2. The minimum atomic E-state index is -1.65. The number of nitrogens with one attached hydrogen (secondary N) is 2. The average Bonchev–Trinajstić information content (AvgIpc) is 2.74. The second kappa shape index (κ2) is 12.2. The van der Waals surface area contributed by atoms with Gasteiger partial charge >= 0.3 is 0 Å². The Labute approximate surface area is 195 Å². The number of rotatable bonds is 7. The number of carbonyl (C=O) groups excluding carboxylic acids is 1. The Kier molecular flexibility index (Phi) is 10.4. The fourth-order valence-electron chi connectivity index (χ4n) is 2.67. The van der Waals surface area contributed by atoms with E-state index in [4.69, 9.17) is 9.47 Å². The molecule has 0 aliphatic carbocycles. The summed E-state index contributed by atoms with van der Waals surface area (Å²) in [6.07, 6.45) is 0. The van der Waals surface area contributed by atoms with Crippen molar-refractivity contribution >= 4 is 41.5 Å². The number of carbonyl (C=O) groups is 1. The van der Waals surface area contributed by atoms with Gasteiger partial charge in [0.15, 0.2) is 23.4 Å². The Morgan fingerprint density at radius 3 is 2.42 bits per heavy atom. The zero-order chi connectivity index (χ0) is 22.3. The van der Waals surface area contributed by atoms with Gasteiger partial charge in [0.1, 0.15) is 11.5 Å². The first kappa shape index (κ1) is 26.3. The molecular weight excluding hydrogens is 528 g/mol. The summed E-state index contributed by atoms with van der Waals surface area (Å²) in [6.45, 7) is 0.140. The minimum absolute atomic E-state index is 0. The monoisotopic (exact) mass is 552 g/mol. The fourth-order valence-corrected chi connectivity index (χ4v) is 2.67. The van der Waals surface area contributed by atoms with E-state index in [-0.39, 0.29) is 30.5 Å². The van der Waals surface area contributed by atoms with E-state index < -0.39 is 29.0 Å². The molecule has 0 fully saturated rings. The van der Waals surface area contributed by atoms with Gasteiger partial charge < -0.3 is 25.0 Å². The average molecular weight is 552 g/mol. The summed E-state index contributed by atoms with van der Waals surface area (Å²) < 4.78 is 50.5. The van der Waals surface area contributed by atoms with Crippen LogP contribution in [0, 0.1) is 17.5 Å². The van der Waals surface area contributed by atoms with Crippen molar-refractivity contribution in [1.29, 1.82) is 0 Å². The molecule has 1 amide bonds. The van der Waals surface area contributed by atoms with Crippen molar-refractivity contribution in [3.63, 3.8) is 0 Å². The lowest BCUT2D eigenvalue weighted by Gasteiger charge is -2.23. The first-order valence-corrected chi connectivity index (χ1v) is 8.86. The Hall–Kier alpha value is -2.70. The fraction of sp³-hybridized carbons (Fsp3) is 0.300. The molecule has 2 N–H and O–H groups in total. The number of halogens is 4. The maximum Gasteiger partial charge on any atom is 0.243 e. The normalized spacial score (nSPS) is 10.7. The molecular formula is C20H24F3IN4O3. The molecule has 0 bridgehead atoms. The lowest BCUT2D eigenvalue weighted by molar-refractivity contribution is -0.115. The van der Waals surface area contributed by atoms with Crippen molar-refractivity contribution in [2.24, 2.45) is 4.99 Å². The van der Waals surface area contributed by atoms with Crippen LogP contribution in [0.25, 0.3) is 0 Å². The molecule has 0 aliphatic heterocycles. The second-order valence-electron chi connectivity index (χ2n) is 6.21. The van der Waals surface area contributed by atoms with E-state index in [1.807, 2.05) is 6.07 Å². The Balaban J connectivity index is 0.00000480. The van der Waals surface area contributed by atoms with Crippen molar-refractivity contribution in [1.82, 2.24) is 10.2 Å². The number of benzene rings is 2. The number of nitrogens with zero attached hydrogens (tertiary/aromatic N) is 2. The molecule has 170 valence electrons. The van der Waals surface area contributed by atoms with Crippen LogP contribution < -0.4 is 20.1 Å². The van der Waals surface area contributed by atoms with Gasteiger partial charge in [0.2, 0.25) is 5.91 Å². The number of aliphatic imine (C=N–C) groups is 1. The molecule has 7 nitrogen and oxygen atoms in total. The van der Waals surface area contributed by atoms with Crippen LogP contribution in [0.5, 0.6) is 11.5 Å². The van der Waals surface area contributed by atoms with Gasteiger partial charge in [-0.25, -0.2) is 13.2 Å². The molecule has 11 heteroatoms. The number of anilines is 1. The van der Waals surface area contributed by atoms with E-state index in [1.165, 1.54) is 7.05 Å². The van der Waals surface area contributed by atoms with E-state index in [9.17, 15) is 18.0 Å². The van der Waals surface area contributed by atoms with Crippen LogP contribution in [-0.2, 0) is 11.3 Å². The maximum absolute atomic E-state index is 13.7. The first-order chi connectivity index (χ1) is 14.3. The molecule has 0 spiro atoms. The smallest absolute Gasteiger partial charge is 0.243 e.